The largest absolute Gasteiger partial charge is 0.417 e. The maximum absolute atomic E-state index is 12.3. The number of aromatic nitrogens is 1. The van der Waals surface area contributed by atoms with Crippen LogP contribution in [0, 0.1) is 0 Å². The highest BCUT2D eigenvalue weighted by molar-refractivity contribution is 5.79. The monoisotopic (exact) mass is 243 g/mol. The molecule has 0 saturated heterocycles. The Morgan fingerprint density at radius 1 is 1.18 bits per heavy atom. The highest BCUT2D eigenvalue weighted by atomic mass is 19.4. The van der Waals surface area contributed by atoms with Gasteiger partial charge in [-0.15, -0.1) is 0 Å². The number of hydrogen-bond donors (Lipinski definition) is 0. The Labute approximate surface area is 96.9 Å². The Kier molecular flexibility index (Phi) is 3.17. The SMILES string of the molecule is O=C1CCC(c2ccc(C(F)(F)F)cn2)CC1. The summed E-state index contributed by atoms with van der Waals surface area (Å²) in [6.45, 7) is 0. The lowest BCUT2D eigenvalue weighted by atomic mass is 9.86. The minimum Gasteiger partial charge on any atom is -0.300 e. The molecule has 0 unspecified atom stereocenters. The van der Waals surface area contributed by atoms with Gasteiger partial charge in [0.25, 0.3) is 0 Å². The molecule has 17 heavy (non-hydrogen) atoms. The number of rotatable bonds is 1. The van der Waals surface area contributed by atoms with Crippen molar-refractivity contribution >= 4 is 5.78 Å². The molecule has 1 saturated carbocycles. The normalized spacial score (nSPS) is 18.4. The number of halogens is 3. The van der Waals surface area contributed by atoms with Gasteiger partial charge in [0.2, 0.25) is 0 Å². The van der Waals surface area contributed by atoms with Gasteiger partial charge in [-0.3, -0.25) is 9.78 Å². The van der Waals surface area contributed by atoms with Gasteiger partial charge in [0.1, 0.15) is 5.78 Å². The summed E-state index contributed by atoms with van der Waals surface area (Å²) in [7, 11) is 0. The summed E-state index contributed by atoms with van der Waals surface area (Å²) in [5, 5.41) is 0. The third-order valence-corrected chi connectivity index (χ3v) is 3.08. The molecule has 1 aliphatic rings. The molecule has 0 N–H and O–H groups in total. The Morgan fingerprint density at radius 3 is 2.29 bits per heavy atom. The Hall–Kier alpha value is -1.39. The molecule has 0 atom stereocenters. The number of ketones is 1. The molecule has 1 aliphatic carbocycles. The summed E-state index contributed by atoms with van der Waals surface area (Å²) in [6.07, 6.45) is -1.07. The van der Waals surface area contributed by atoms with Crippen molar-refractivity contribution in [2.24, 2.45) is 0 Å². The molecule has 0 aromatic carbocycles. The molecule has 0 spiro atoms. The summed E-state index contributed by atoms with van der Waals surface area (Å²) < 4.78 is 37.0. The van der Waals surface area contributed by atoms with Gasteiger partial charge in [-0.25, -0.2) is 0 Å². The molecule has 0 bridgehead atoms. The standard InChI is InChI=1S/C12H12F3NO/c13-12(14,15)9-3-6-11(16-7-9)8-1-4-10(17)5-2-8/h3,6-8H,1-2,4-5H2. The molecule has 5 heteroatoms. The van der Waals surface area contributed by atoms with Crippen LogP contribution in [0.4, 0.5) is 13.2 Å². The number of alkyl halides is 3. The van der Waals surface area contributed by atoms with Gasteiger partial charge in [-0.05, 0) is 25.0 Å². The molecule has 1 aromatic heterocycles. The Bertz CT molecular complexity index is 401. The second-order valence-corrected chi connectivity index (χ2v) is 4.28. The van der Waals surface area contributed by atoms with Gasteiger partial charge in [0, 0.05) is 30.7 Å². The minimum atomic E-state index is -4.34. The Morgan fingerprint density at radius 2 is 1.82 bits per heavy atom. The number of nitrogens with zero attached hydrogens (tertiary/aromatic N) is 1. The van der Waals surface area contributed by atoms with E-state index in [0.717, 1.165) is 12.3 Å². The van der Waals surface area contributed by atoms with E-state index in [-0.39, 0.29) is 11.7 Å². The quantitative estimate of drug-likeness (QED) is 0.757. The lowest BCUT2D eigenvalue weighted by Gasteiger charge is -2.20. The first kappa shape index (κ1) is 12.1. The van der Waals surface area contributed by atoms with Gasteiger partial charge in [0.05, 0.1) is 5.56 Å². The van der Waals surface area contributed by atoms with Gasteiger partial charge >= 0.3 is 6.18 Å². The van der Waals surface area contributed by atoms with Crippen molar-refractivity contribution in [2.45, 2.75) is 37.8 Å². The van der Waals surface area contributed by atoms with Gasteiger partial charge in [-0.1, -0.05) is 0 Å². The molecule has 0 radical (unpaired) electrons. The van der Waals surface area contributed by atoms with Crippen LogP contribution < -0.4 is 0 Å². The smallest absolute Gasteiger partial charge is 0.300 e. The maximum atomic E-state index is 12.3. The van der Waals surface area contributed by atoms with Crippen molar-refractivity contribution in [3.63, 3.8) is 0 Å². The first-order chi connectivity index (χ1) is 7.97. The van der Waals surface area contributed by atoms with E-state index in [0.29, 0.717) is 31.4 Å². The third kappa shape index (κ3) is 2.84. The lowest BCUT2D eigenvalue weighted by Crippen LogP contribution is -2.14. The number of carbonyl (C=O) groups is 1. The van der Waals surface area contributed by atoms with E-state index in [1.165, 1.54) is 6.07 Å². The summed E-state index contributed by atoms with van der Waals surface area (Å²) in [6, 6.07) is 2.47. The van der Waals surface area contributed by atoms with E-state index >= 15 is 0 Å². The van der Waals surface area contributed by atoms with E-state index in [1.54, 1.807) is 0 Å². The summed E-state index contributed by atoms with van der Waals surface area (Å²) >= 11 is 0. The topological polar surface area (TPSA) is 30.0 Å². The zero-order chi connectivity index (χ0) is 12.5. The van der Waals surface area contributed by atoms with E-state index in [1.807, 2.05) is 0 Å². The van der Waals surface area contributed by atoms with E-state index in [4.69, 9.17) is 0 Å². The van der Waals surface area contributed by atoms with E-state index in [2.05, 4.69) is 4.98 Å². The van der Waals surface area contributed by atoms with Crippen molar-refractivity contribution in [3.05, 3.63) is 29.6 Å². The molecule has 2 nitrogen and oxygen atoms in total. The highest BCUT2D eigenvalue weighted by Crippen LogP contribution is 2.32. The molecule has 2 rings (SSSR count). The average Bonchev–Trinajstić information content (AvgIpc) is 2.29. The molecule has 1 heterocycles. The minimum absolute atomic E-state index is 0.120. The van der Waals surface area contributed by atoms with Crippen LogP contribution in [0.1, 0.15) is 42.9 Å². The zero-order valence-electron chi connectivity index (χ0n) is 9.13. The fraction of sp³-hybridized carbons (Fsp3) is 0.500. The molecule has 0 amide bonds. The predicted octanol–water partition coefficient (Wildman–Crippen LogP) is 3.33. The van der Waals surface area contributed by atoms with Crippen LogP contribution in [0.15, 0.2) is 18.3 Å². The molecule has 1 fully saturated rings. The van der Waals surface area contributed by atoms with Crippen LogP contribution in [0.5, 0.6) is 0 Å². The van der Waals surface area contributed by atoms with Crippen LogP contribution in [-0.2, 0) is 11.0 Å². The predicted molar refractivity (Wildman–Crippen MR) is 55.5 cm³/mol. The number of hydrogen-bond acceptors (Lipinski definition) is 2. The lowest BCUT2D eigenvalue weighted by molar-refractivity contribution is -0.137. The maximum Gasteiger partial charge on any atom is 0.417 e. The van der Waals surface area contributed by atoms with E-state index < -0.39 is 11.7 Å². The Balaban J connectivity index is 2.10. The molecule has 92 valence electrons. The van der Waals surface area contributed by atoms with Crippen molar-refractivity contribution in [1.82, 2.24) is 4.98 Å². The molecule has 1 aromatic rings. The van der Waals surface area contributed by atoms with Crippen molar-refractivity contribution < 1.29 is 18.0 Å². The first-order valence-corrected chi connectivity index (χ1v) is 5.51. The second-order valence-electron chi connectivity index (χ2n) is 4.28. The van der Waals surface area contributed by atoms with Crippen molar-refractivity contribution in [1.29, 1.82) is 0 Å². The number of Topliss-reactive ketones (excluding diaryl/α,β-unsaturated/α-hetero) is 1. The first-order valence-electron chi connectivity index (χ1n) is 5.51. The number of carbonyl (C=O) groups excluding carboxylic acids is 1. The van der Waals surface area contributed by atoms with Crippen LogP contribution in [-0.4, -0.2) is 10.8 Å². The van der Waals surface area contributed by atoms with Crippen molar-refractivity contribution in [2.75, 3.05) is 0 Å². The molecule has 0 aliphatic heterocycles. The van der Waals surface area contributed by atoms with Crippen LogP contribution in [0.3, 0.4) is 0 Å². The summed E-state index contributed by atoms with van der Waals surface area (Å²) in [4.78, 5) is 14.9. The zero-order valence-corrected chi connectivity index (χ0v) is 9.13. The fourth-order valence-electron chi connectivity index (χ4n) is 2.05. The summed E-state index contributed by atoms with van der Waals surface area (Å²) in [5.41, 5.74) is -0.0707. The van der Waals surface area contributed by atoms with E-state index in [9.17, 15) is 18.0 Å². The average molecular weight is 243 g/mol. The van der Waals surface area contributed by atoms with Crippen molar-refractivity contribution in [3.8, 4) is 0 Å². The molecular formula is C12H12F3NO. The fourth-order valence-corrected chi connectivity index (χ4v) is 2.05. The second kappa shape index (κ2) is 4.47. The van der Waals surface area contributed by atoms with Gasteiger partial charge in [-0.2, -0.15) is 13.2 Å². The molecular weight excluding hydrogens is 231 g/mol. The summed E-state index contributed by atoms with van der Waals surface area (Å²) in [5.74, 6) is 0.350. The van der Waals surface area contributed by atoms with Crippen LogP contribution >= 0.6 is 0 Å². The highest BCUT2D eigenvalue weighted by Gasteiger charge is 2.31. The van der Waals surface area contributed by atoms with Gasteiger partial charge in [0.15, 0.2) is 0 Å². The van der Waals surface area contributed by atoms with Gasteiger partial charge < -0.3 is 0 Å². The van der Waals surface area contributed by atoms with Crippen LogP contribution in [0.2, 0.25) is 0 Å². The third-order valence-electron chi connectivity index (χ3n) is 3.08. The number of pyridine rings is 1. The van der Waals surface area contributed by atoms with Crippen LogP contribution in [0.25, 0.3) is 0 Å².